The Labute approximate surface area is 148 Å². The summed E-state index contributed by atoms with van der Waals surface area (Å²) in [6.07, 6.45) is 4.29. The standard InChI is InChI=1S/C17H30N2O6/c1-3-5-10-18(11-6-4-2)14(20)8-7-9-15(21)19(12-16(22)23)13-17(24)25/h3-13H2,1-2H3,(H,22,23)(H,24,25). The Morgan fingerprint density at radius 2 is 1.08 bits per heavy atom. The molecular formula is C17H30N2O6. The molecule has 25 heavy (non-hydrogen) atoms. The number of unbranched alkanes of at least 4 members (excludes halogenated alkanes) is 2. The molecule has 0 aliphatic rings. The smallest absolute Gasteiger partial charge is 0.323 e. The third kappa shape index (κ3) is 11.1. The zero-order valence-electron chi connectivity index (χ0n) is 15.2. The molecule has 0 fully saturated rings. The number of hydrogen-bond acceptors (Lipinski definition) is 4. The Balaban J connectivity index is 4.46. The Morgan fingerprint density at radius 1 is 0.680 bits per heavy atom. The lowest BCUT2D eigenvalue weighted by molar-refractivity contribution is -0.149. The number of carboxylic acid groups (broad SMARTS) is 2. The van der Waals surface area contributed by atoms with Crippen molar-refractivity contribution in [2.24, 2.45) is 0 Å². The molecule has 0 saturated heterocycles. The van der Waals surface area contributed by atoms with E-state index < -0.39 is 30.9 Å². The molecule has 0 aromatic heterocycles. The van der Waals surface area contributed by atoms with E-state index in [2.05, 4.69) is 13.8 Å². The summed E-state index contributed by atoms with van der Waals surface area (Å²) in [7, 11) is 0. The molecule has 0 heterocycles. The van der Waals surface area contributed by atoms with Crippen molar-refractivity contribution < 1.29 is 29.4 Å². The van der Waals surface area contributed by atoms with Crippen LogP contribution in [0, 0.1) is 0 Å². The van der Waals surface area contributed by atoms with Crippen LogP contribution in [0.25, 0.3) is 0 Å². The highest BCUT2D eigenvalue weighted by Crippen LogP contribution is 2.07. The minimum Gasteiger partial charge on any atom is -0.480 e. The number of carbonyl (C=O) groups excluding carboxylic acids is 2. The van der Waals surface area contributed by atoms with E-state index in [4.69, 9.17) is 10.2 Å². The van der Waals surface area contributed by atoms with Gasteiger partial charge in [-0.05, 0) is 19.3 Å². The molecule has 0 atom stereocenters. The second kappa shape index (κ2) is 13.2. The van der Waals surface area contributed by atoms with Crippen molar-refractivity contribution in [3.63, 3.8) is 0 Å². The van der Waals surface area contributed by atoms with Crippen LogP contribution >= 0.6 is 0 Å². The zero-order valence-corrected chi connectivity index (χ0v) is 15.2. The number of rotatable bonds is 14. The summed E-state index contributed by atoms with van der Waals surface area (Å²) in [4.78, 5) is 48.3. The molecule has 0 radical (unpaired) electrons. The van der Waals surface area contributed by atoms with E-state index in [1.54, 1.807) is 0 Å². The Bertz CT molecular complexity index is 428. The van der Waals surface area contributed by atoms with Crippen LogP contribution in [0.3, 0.4) is 0 Å². The highest BCUT2D eigenvalue weighted by molar-refractivity contribution is 5.85. The summed E-state index contributed by atoms with van der Waals surface area (Å²) in [5.41, 5.74) is 0. The van der Waals surface area contributed by atoms with E-state index in [1.165, 1.54) is 0 Å². The summed E-state index contributed by atoms with van der Waals surface area (Å²) in [6, 6.07) is 0. The lowest BCUT2D eigenvalue weighted by atomic mass is 10.1. The average molecular weight is 358 g/mol. The van der Waals surface area contributed by atoms with Crippen LogP contribution < -0.4 is 0 Å². The Hall–Kier alpha value is -2.12. The minimum absolute atomic E-state index is 0.0160. The number of carboxylic acids is 2. The fourth-order valence-corrected chi connectivity index (χ4v) is 2.33. The molecule has 0 aliphatic carbocycles. The molecule has 0 aliphatic heterocycles. The van der Waals surface area contributed by atoms with Gasteiger partial charge in [0, 0.05) is 25.9 Å². The van der Waals surface area contributed by atoms with Crippen molar-refractivity contribution in [3.05, 3.63) is 0 Å². The highest BCUT2D eigenvalue weighted by atomic mass is 16.4. The molecule has 0 saturated carbocycles. The average Bonchev–Trinajstić information content (AvgIpc) is 2.53. The maximum atomic E-state index is 12.3. The van der Waals surface area contributed by atoms with Gasteiger partial charge < -0.3 is 20.0 Å². The summed E-state index contributed by atoms with van der Waals surface area (Å²) in [6.45, 7) is 4.21. The van der Waals surface area contributed by atoms with E-state index in [-0.39, 0.29) is 25.2 Å². The summed E-state index contributed by atoms with van der Waals surface area (Å²) in [5.74, 6) is -3.11. The third-order valence-electron chi connectivity index (χ3n) is 3.70. The summed E-state index contributed by atoms with van der Waals surface area (Å²) < 4.78 is 0. The molecular weight excluding hydrogens is 328 g/mol. The monoisotopic (exact) mass is 358 g/mol. The van der Waals surface area contributed by atoms with Crippen molar-refractivity contribution in [3.8, 4) is 0 Å². The maximum absolute atomic E-state index is 12.3. The van der Waals surface area contributed by atoms with Gasteiger partial charge in [0.15, 0.2) is 0 Å². The van der Waals surface area contributed by atoms with Gasteiger partial charge in [0.2, 0.25) is 11.8 Å². The molecule has 8 heteroatoms. The predicted octanol–water partition coefficient (Wildman–Crippen LogP) is 1.58. The molecule has 0 spiro atoms. The third-order valence-corrected chi connectivity index (χ3v) is 3.70. The van der Waals surface area contributed by atoms with Crippen molar-refractivity contribution in [1.82, 2.24) is 9.80 Å². The van der Waals surface area contributed by atoms with E-state index in [9.17, 15) is 19.2 Å². The fraction of sp³-hybridized carbons (Fsp3) is 0.765. The summed E-state index contributed by atoms with van der Waals surface area (Å²) in [5, 5.41) is 17.5. The van der Waals surface area contributed by atoms with Gasteiger partial charge in [0.1, 0.15) is 13.1 Å². The summed E-state index contributed by atoms with van der Waals surface area (Å²) >= 11 is 0. The first-order valence-corrected chi connectivity index (χ1v) is 8.80. The van der Waals surface area contributed by atoms with Crippen molar-refractivity contribution in [1.29, 1.82) is 0 Å². The zero-order chi connectivity index (χ0) is 19.2. The minimum atomic E-state index is -1.27. The van der Waals surface area contributed by atoms with Crippen LogP contribution in [0.2, 0.25) is 0 Å². The number of amides is 2. The molecule has 0 bridgehead atoms. The second-order valence-electron chi connectivity index (χ2n) is 5.98. The number of hydrogen-bond donors (Lipinski definition) is 2. The Kier molecular flexibility index (Phi) is 12.1. The van der Waals surface area contributed by atoms with Gasteiger partial charge in [-0.25, -0.2) is 0 Å². The van der Waals surface area contributed by atoms with Gasteiger partial charge in [0.05, 0.1) is 0 Å². The van der Waals surface area contributed by atoms with Gasteiger partial charge in [0.25, 0.3) is 0 Å². The fourth-order valence-electron chi connectivity index (χ4n) is 2.33. The molecule has 2 amide bonds. The van der Waals surface area contributed by atoms with Gasteiger partial charge in [-0.3, -0.25) is 19.2 Å². The van der Waals surface area contributed by atoms with Crippen LogP contribution in [-0.2, 0) is 19.2 Å². The second-order valence-corrected chi connectivity index (χ2v) is 5.98. The van der Waals surface area contributed by atoms with E-state index >= 15 is 0 Å². The SMILES string of the molecule is CCCCN(CCCC)C(=O)CCCC(=O)N(CC(=O)O)CC(=O)O. The normalized spacial score (nSPS) is 10.3. The highest BCUT2D eigenvalue weighted by Gasteiger charge is 2.20. The van der Waals surface area contributed by atoms with Crippen molar-refractivity contribution in [2.45, 2.75) is 58.8 Å². The van der Waals surface area contributed by atoms with Crippen LogP contribution in [0.5, 0.6) is 0 Å². The molecule has 0 unspecified atom stereocenters. The quantitative estimate of drug-likeness (QED) is 0.487. The van der Waals surface area contributed by atoms with Gasteiger partial charge >= 0.3 is 11.9 Å². The van der Waals surface area contributed by atoms with E-state index in [0.29, 0.717) is 13.1 Å². The molecule has 0 rings (SSSR count). The molecule has 0 aromatic carbocycles. The first-order valence-electron chi connectivity index (χ1n) is 8.80. The van der Waals surface area contributed by atoms with Crippen LogP contribution in [0.4, 0.5) is 0 Å². The van der Waals surface area contributed by atoms with E-state index in [1.807, 2.05) is 4.90 Å². The van der Waals surface area contributed by atoms with Crippen molar-refractivity contribution in [2.75, 3.05) is 26.2 Å². The molecule has 144 valence electrons. The van der Waals surface area contributed by atoms with Gasteiger partial charge in [-0.1, -0.05) is 26.7 Å². The van der Waals surface area contributed by atoms with Crippen LogP contribution in [0.15, 0.2) is 0 Å². The number of carbonyl (C=O) groups is 4. The lowest BCUT2D eigenvalue weighted by Gasteiger charge is -2.23. The van der Waals surface area contributed by atoms with E-state index in [0.717, 1.165) is 30.6 Å². The van der Waals surface area contributed by atoms with Crippen molar-refractivity contribution >= 4 is 23.8 Å². The predicted molar refractivity (Wildman–Crippen MR) is 92.1 cm³/mol. The number of nitrogens with zero attached hydrogens (tertiary/aromatic N) is 2. The first kappa shape index (κ1) is 22.9. The first-order chi connectivity index (χ1) is 11.8. The van der Waals surface area contributed by atoms with Crippen LogP contribution in [0.1, 0.15) is 58.8 Å². The molecule has 2 N–H and O–H groups in total. The largest absolute Gasteiger partial charge is 0.480 e. The number of aliphatic carboxylic acids is 2. The van der Waals surface area contributed by atoms with Gasteiger partial charge in [-0.15, -0.1) is 0 Å². The van der Waals surface area contributed by atoms with Gasteiger partial charge in [-0.2, -0.15) is 0 Å². The molecule has 8 nitrogen and oxygen atoms in total. The van der Waals surface area contributed by atoms with Crippen LogP contribution in [-0.4, -0.2) is 69.9 Å². The molecule has 0 aromatic rings. The lowest BCUT2D eigenvalue weighted by Crippen LogP contribution is -2.39. The Morgan fingerprint density at radius 3 is 1.44 bits per heavy atom. The maximum Gasteiger partial charge on any atom is 0.323 e. The topological polar surface area (TPSA) is 115 Å².